The molecule has 1 fully saturated rings. The second-order valence-corrected chi connectivity index (χ2v) is 5.30. The number of fused-ring (bicyclic) bond motifs is 1. The van der Waals surface area contributed by atoms with Gasteiger partial charge in [0.25, 0.3) is 0 Å². The summed E-state index contributed by atoms with van der Waals surface area (Å²) in [7, 11) is 2.21. The maximum Gasteiger partial charge on any atom is 0.0735 e. The second-order valence-electron chi connectivity index (χ2n) is 5.30. The third-order valence-corrected chi connectivity index (χ3v) is 4.09. The number of benzene rings is 1. The zero-order valence-electron chi connectivity index (χ0n) is 11.7. The van der Waals surface area contributed by atoms with Crippen molar-refractivity contribution >= 4 is 27.9 Å². The van der Waals surface area contributed by atoms with Crippen LogP contribution in [0.15, 0.2) is 24.3 Å². The van der Waals surface area contributed by atoms with E-state index < -0.39 is 0 Å². The smallest absolute Gasteiger partial charge is 0.0735 e. The Morgan fingerprint density at radius 3 is 2.58 bits per heavy atom. The Hall–Kier alpha value is -0.870. The molecule has 19 heavy (non-hydrogen) atoms. The highest BCUT2D eigenvalue weighted by molar-refractivity contribution is 8.93. The van der Waals surface area contributed by atoms with Crippen molar-refractivity contribution in [3.8, 4) is 0 Å². The number of hydrogen-bond acceptors (Lipinski definition) is 2. The molecule has 4 heteroatoms. The first-order valence-electron chi connectivity index (χ1n) is 6.93. The van der Waals surface area contributed by atoms with E-state index in [2.05, 4.69) is 47.8 Å². The van der Waals surface area contributed by atoms with E-state index in [0.29, 0.717) is 5.92 Å². The summed E-state index contributed by atoms with van der Waals surface area (Å²) in [6, 6.07) is 8.64. The number of halogens is 1. The van der Waals surface area contributed by atoms with Gasteiger partial charge < -0.3 is 4.90 Å². The van der Waals surface area contributed by atoms with Crippen LogP contribution in [0.1, 0.15) is 31.4 Å². The Morgan fingerprint density at radius 2 is 1.89 bits per heavy atom. The van der Waals surface area contributed by atoms with Gasteiger partial charge in [0.2, 0.25) is 0 Å². The van der Waals surface area contributed by atoms with Gasteiger partial charge in [-0.05, 0) is 46.0 Å². The third kappa shape index (κ3) is 2.70. The Kier molecular flexibility index (Phi) is 4.63. The molecule has 3 nitrogen and oxygen atoms in total. The van der Waals surface area contributed by atoms with Gasteiger partial charge >= 0.3 is 0 Å². The number of nitrogens with zero attached hydrogens (tertiary/aromatic N) is 3. The van der Waals surface area contributed by atoms with Crippen LogP contribution in [0.2, 0.25) is 0 Å². The molecule has 1 aliphatic rings. The van der Waals surface area contributed by atoms with Crippen LogP contribution in [0, 0.1) is 0 Å². The van der Waals surface area contributed by atoms with E-state index in [4.69, 9.17) is 5.10 Å². The van der Waals surface area contributed by atoms with E-state index in [9.17, 15) is 0 Å². The Balaban J connectivity index is 0.00000133. The molecule has 0 atom stereocenters. The third-order valence-electron chi connectivity index (χ3n) is 4.09. The molecule has 0 saturated carbocycles. The first-order valence-corrected chi connectivity index (χ1v) is 6.93. The number of hydrogen-bond donors (Lipinski definition) is 0. The van der Waals surface area contributed by atoms with Gasteiger partial charge in [-0.3, -0.25) is 4.68 Å². The minimum Gasteiger partial charge on any atom is -0.306 e. The van der Waals surface area contributed by atoms with Gasteiger partial charge in [-0.1, -0.05) is 18.2 Å². The van der Waals surface area contributed by atoms with Crippen LogP contribution >= 0.6 is 17.0 Å². The van der Waals surface area contributed by atoms with Crippen LogP contribution in [0.3, 0.4) is 0 Å². The predicted octanol–water partition coefficient (Wildman–Crippen LogP) is 3.44. The molecule has 0 aliphatic carbocycles. The predicted molar refractivity (Wildman–Crippen MR) is 85.2 cm³/mol. The van der Waals surface area contributed by atoms with Gasteiger partial charge in [-0.2, -0.15) is 5.10 Å². The Labute approximate surface area is 125 Å². The fraction of sp³-hybridized carbons (Fsp3) is 0.533. The van der Waals surface area contributed by atoms with E-state index >= 15 is 0 Å². The van der Waals surface area contributed by atoms with Gasteiger partial charge in [-0.15, -0.1) is 17.0 Å². The van der Waals surface area contributed by atoms with E-state index in [-0.39, 0.29) is 17.0 Å². The number of rotatable bonds is 2. The first kappa shape index (κ1) is 14.5. The van der Waals surface area contributed by atoms with Crippen molar-refractivity contribution in [3.05, 3.63) is 30.0 Å². The van der Waals surface area contributed by atoms with Crippen molar-refractivity contribution in [2.45, 2.75) is 32.2 Å². The molecule has 104 valence electrons. The number of piperidine rings is 1. The van der Waals surface area contributed by atoms with Crippen LogP contribution in [0.5, 0.6) is 0 Å². The molecule has 1 aromatic heterocycles. The zero-order valence-corrected chi connectivity index (χ0v) is 13.4. The van der Waals surface area contributed by atoms with Crippen LogP contribution in [-0.4, -0.2) is 34.8 Å². The van der Waals surface area contributed by atoms with Crippen molar-refractivity contribution < 1.29 is 0 Å². The maximum atomic E-state index is 4.85. The van der Waals surface area contributed by atoms with Gasteiger partial charge in [0.1, 0.15) is 0 Å². The lowest BCUT2D eigenvalue weighted by Gasteiger charge is -2.28. The minimum atomic E-state index is 0. The fourth-order valence-electron chi connectivity index (χ4n) is 2.98. The van der Waals surface area contributed by atoms with Crippen LogP contribution < -0.4 is 0 Å². The Morgan fingerprint density at radius 1 is 1.21 bits per heavy atom. The van der Waals surface area contributed by atoms with Crippen molar-refractivity contribution in [1.82, 2.24) is 14.7 Å². The molecule has 0 radical (unpaired) electrons. The SMILES string of the molecule is Br.CCn1nc(C2CCN(C)CC2)c2ccccc21. The zero-order chi connectivity index (χ0) is 12.5. The molecule has 0 amide bonds. The Bertz CT molecular complexity index is 541. The summed E-state index contributed by atoms with van der Waals surface area (Å²) in [5.74, 6) is 0.638. The van der Waals surface area contributed by atoms with Crippen molar-refractivity contribution in [3.63, 3.8) is 0 Å². The molecule has 1 aliphatic heterocycles. The van der Waals surface area contributed by atoms with E-state index in [1.807, 2.05) is 0 Å². The molecule has 2 aromatic rings. The lowest BCUT2D eigenvalue weighted by atomic mass is 9.92. The summed E-state index contributed by atoms with van der Waals surface area (Å²) in [6.45, 7) is 5.50. The topological polar surface area (TPSA) is 21.1 Å². The molecular weight excluding hydrogens is 302 g/mol. The summed E-state index contributed by atoms with van der Waals surface area (Å²) >= 11 is 0. The summed E-state index contributed by atoms with van der Waals surface area (Å²) in [5, 5.41) is 6.21. The molecule has 0 N–H and O–H groups in total. The lowest BCUT2D eigenvalue weighted by molar-refractivity contribution is 0.253. The monoisotopic (exact) mass is 323 g/mol. The molecule has 0 unspecified atom stereocenters. The quantitative estimate of drug-likeness (QED) is 0.844. The van der Waals surface area contributed by atoms with Crippen LogP contribution in [-0.2, 0) is 6.54 Å². The highest BCUT2D eigenvalue weighted by Crippen LogP contribution is 2.31. The van der Waals surface area contributed by atoms with E-state index in [1.165, 1.54) is 42.5 Å². The molecule has 1 aromatic carbocycles. The van der Waals surface area contributed by atoms with Gasteiger partial charge in [0.05, 0.1) is 11.2 Å². The van der Waals surface area contributed by atoms with Crippen LogP contribution in [0.25, 0.3) is 10.9 Å². The van der Waals surface area contributed by atoms with Crippen molar-refractivity contribution in [1.29, 1.82) is 0 Å². The standard InChI is InChI=1S/C15H21N3.BrH/c1-3-18-14-7-5-4-6-13(14)15(16-18)12-8-10-17(2)11-9-12;/h4-7,12H,3,8-11H2,1-2H3;1H. The van der Waals surface area contributed by atoms with E-state index in [0.717, 1.165) is 6.54 Å². The average Bonchev–Trinajstić information content (AvgIpc) is 2.79. The normalized spacial score (nSPS) is 17.6. The minimum absolute atomic E-state index is 0. The van der Waals surface area contributed by atoms with Crippen molar-refractivity contribution in [2.75, 3.05) is 20.1 Å². The molecule has 0 spiro atoms. The largest absolute Gasteiger partial charge is 0.306 e. The number of para-hydroxylation sites is 1. The van der Waals surface area contributed by atoms with E-state index in [1.54, 1.807) is 0 Å². The average molecular weight is 324 g/mol. The number of aryl methyl sites for hydroxylation is 1. The molecular formula is C15H22BrN3. The second kappa shape index (κ2) is 6.06. The molecule has 2 heterocycles. The van der Waals surface area contributed by atoms with Crippen LogP contribution in [0.4, 0.5) is 0 Å². The summed E-state index contributed by atoms with van der Waals surface area (Å²) in [6.07, 6.45) is 2.47. The molecule has 1 saturated heterocycles. The summed E-state index contributed by atoms with van der Waals surface area (Å²) in [5.41, 5.74) is 2.61. The van der Waals surface area contributed by atoms with Crippen molar-refractivity contribution in [2.24, 2.45) is 0 Å². The fourth-order valence-corrected chi connectivity index (χ4v) is 2.98. The highest BCUT2D eigenvalue weighted by atomic mass is 79.9. The highest BCUT2D eigenvalue weighted by Gasteiger charge is 2.23. The molecule has 3 rings (SSSR count). The molecule has 0 bridgehead atoms. The van der Waals surface area contributed by atoms with Gasteiger partial charge in [-0.25, -0.2) is 0 Å². The summed E-state index contributed by atoms with van der Waals surface area (Å²) in [4.78, 5) is 2.41. The van der Waals surface area contributed by atoms with Gasteiger partial charge in [0, 0.05) is 17.8 Å². The lowest BCUT2D eigenvalue weighted by Crippen LogP contribution is -2.29. The number of likely N-dealkylation sites (tertiary alicyclic amines) is 1. The maximum absolute atomic E-state index is 4.85. The van der Waals surface area contributed by atoms with Gasteiger partial charge in [0.15, 0.2) is 0 Å². The summed E-state index contributed by atoms with van der Waals surface area (Å²) < 4.78 is 2.14. The first-order chi connectivity index (χ1) is 8.79. The number of aromatic nitrogens is 2.